The van der Waals surface area contributed by atoms with E-state index >= 15 is 0 Å². The second-order valence-electron chi connectivity index (χ2n) is 5.20. The fraction of sp³-hybridized carbons (Fsp3) is 0.294. The van der Waals surface area contributed by atoms with Crippen LogP contribution in [0, 0.1) is 0 Å². The Kier molecular flexibility index (Phi) is 3.86. The van der Waals surface area contributed by atoms with Gasteiger partial charge < -0.3 is 5.32 Å². The molecule has 0 bridgehead atoms. The number of halogens is 1. The van der Waals surface area contributed by atoms with Crippen molar-refractivity contribution in [2.45, 2.75) is 31.8 Å². The smallest absolute Gasteiger partial charge is 0.0406 e. The third-order valence-electron chi connectivity index (χ3n) is 3.63. The molecule has 1 fully saturated rings. The summed E-state index contributed by atoms with van der Waals surface area (Å²) >= 11 is 5.88. The van der Waals surface area contributed by atoms with Gasteiger partial charge in [-0.25, -0.2) is 0 Å². The minimum atomic E-state index is 0.794. The van der Waals surface area contributed by atoms with Crippen LogP contribution in [0.2, 0.25) is 5.02 Å². The fourth-order valence-electron chi connectivity index (χ4n) is 2.43. The zero-order valence-corrected chi connectivity index (χ0v) is 11.7. The highest BCUT2D eigenvalue weighted by atomic mass is 35.5. The summed E-state index contributed by atoms with van der Waals surface area (Å²) in [6.07, 6.45) is 2.71. The van der Waals surface area contributed by atoms with Crippen molar-refractivity contribution in [1.82, 2.24) is 5.32 Å². The second kappa shape index (κ2) is 5.77. The van der Waals surface area contributed by atoms with Gasteiger partial charge in [-0.05, 0) is 47.6 Å². The molecule has 2 aromatic carbocycles. The molecule has 0 amide bonds. The number of hydrogen-bond donors (Lipinski definition) is 1. The van der Waals surface area contributed by atoms with E-state index in [-0.39, 0.29) is 0 Å². The van der Waals surface area contributed by atoms with Crippen molar-refractivity contribution in [3.05, 3.63) is 70.2 Å². The predicted octanol–water partition coefficient (Wildman–Crippen LogP) is 4.51. The van der Waals surface area contributed by atoms with Gasteiger partial charge in [-0.1, -0.05) is 48.0 Å². The Bertz CT molecular complexity index is 543. The minimum absolute atomic E-state index is 0.794. The van der Waals surface area contributed by atoms with Crippen LogP contribution >= 0.6 is 11.6 Å². The summed E-state index contributed by atoms with van der Waals surface area (Å²) in [6, 6.07) is 16.8. The largest absolute Gasteiger partial charge is 0.309 e. The van der Waals surface area contributed by atoms with Crippen molar-refractivity contribution in [2.24, 2.45) is 0 Å². The van der Waals surface area contributed by atoms with Gasteiger partial charge in [0.1, 0.15) is 0 Å². The first-order valence-corrected chi connectivity index (χ1v) is 7.24. The monoisotopic (exact) mass is 271 g/mol. The lowest BCUT2D eigenvalue weighted by Crippen LogP contribution is -2.13. The molecule has 0 radical (unpaired) electrons. The maximum Gasteiger partial charge on any atom is 0.0406 e. The van der Waals surface area contributed by atoms with Gasteiger partial charge in [0.05, 0.1) is 0 Å². The molecule has 0 aromatic heterocycles. The number of nitrogens with one attached hydrogen (secondary N) is 1. The van der Waals surface area contributed by atoms with Crippen LogP contribution in [0.4, 0.5) is 0 Å². The van der Waals surface area contributed by atoms with E-state index in [1.165, 1.54) is 29.5 Å². The third-order valence-corrected chi connectivity index (χ3v) is 3.88. The quantitative estimate of drug-likeness (QED) is 0.844. The van der Waals surface area contributed by atoms with Crippen LogP contribution in [-0.4, -0.2) is 0 Å². The molecule has 0 spiro atoms. The van der Waals surface area contributed by atoms with Gasteiger partial charge in [-0.3, -0.25) is 0 Å². The van der Waals surface area contributed by atoms with Crippen LogP contribution in [0.25, 0.3) is 0 Å². The lowest BCUT2D eigenvalue weighted by atomic mass is 10.0. The summed E-state index contributed by atoms with van der Waals surface area (Å²) in [6.45, 7) is 1.82. The standard InChI is InChI=1S/C17H18ClN/c18-16-9-5-13(6-10-16)11-19-12-15-3-1-2-4-17(15)14-7-8-14/h1-6,9-10,14,19H,7-8,11-12H2. The molecule has 0 unspecified atom stereocenters. The topological polar surface area (TPSA) is 12.0 Å². The average Bonchev–Trinajstić information content (AvgIpc) is 3.26. The van der Waals surface area contributed by atoms with Crippen molar-refractivity contribution >= 4 is 11.6 Å². The molecule has 3 rings (SSSR count). The van der Waals surface area contributed by atoms with E-state index in [1.807, 2.05) is 12.1 Å². The Balaban J connectivity index is 1.59. The van der Waals surface area contributed by atoms with Crippen molar-refractivity contribution in [1.29, 1.82) is 0 Å². The zero-order chi connectivity index (χ0) is 13.1. The number of hydrogen-bond acceptors (Lipinski definition) is 1. The summed E-state index contributed by atoms with van der Waals surface area (Å²) in [7, 11) is 0. The van der Waals surface area contributed by atoms with E-state index in [2.05, 4.69) is 41.7 Å². The van der Waals surface area contributed by atoms with Gasteiger partial charge >= 0.3 is 0 Å². The zero-order valence-electron chi connectivity index (χ0n) is 10.9. The first-order chi connectivity index (χ1) is 9.33. The normalized spacial score (nSPS) is 14.6. The Morgan fingerprint density at radius 2 is 1.68 bits per heavy atom. The lowest BCUT2D eigenvalue weighted by molar-refractivity contribution is 0.688. The van der Waals surface area contributed by atoms with E-state index in [4.69, 9.17) is 11.6 Å². The molecule has 0 aliphatic heterocycles. The van der Waals surface area contributed by atoms with E-state index < -0.39 is 0 Å². The van der Waals surface area contributed by atoms with Gasteiger partial charge in [0.2, 0.25) is 0 Å². The summed E-state index contributed by atoms with van der Waals surface area (Å²) in [4.78, 5) is 0. The summed E-state index contributed by atoms with van der Waals surface area (Å²) in [5.74, 6) is 0.813. The van der Waals surface area contributed by atoms with Gasteiger partial charge in [-0.2, -0.15) is 0 Å². The van der Waals surface area contributed by atoms with Crippen LogP contribution in [0.5, 0.6) is 0 Å². The van der Waals surface area contributed by atoms with E-state index in [0.717, 1.165) is 24.0 Å². The van der Waals surface area contributed by atoms with E-state index in [0.29, 0.717) is 0 Å². The Morgan fingerprint density at radius 3 is 2.42 bits per heavy atom. The lowest BCUT2D eigenvalue weighted by Gasteiger charge is -2.10. The summed E-state index contributed by atoms with van der Waals surface area (Å²) in [5, 5.41) is 4.31. The van der Waals surface area contributed by atoms with Crippen LogP contribution in [0.15, 0.2) is 48.5 Å². The molecular formula is C17H18ClN. The predicted molar refractivity (Wildman–Crippen MR) is 80.4 cm³/mol. The highest BCUT2D eigenvalue weighted by Crippen LogP contribution is 2.41. The van der Waals surface area contributed by atoms with Gasteiger partial charge in [0.15, 0.2) is 0 Å². The van der Waals surface area contributed by atoms with Crippen LogP contribution in [0.1, 0.15) is 35.4 Å². The van der Waals surface area contributed by atoms with Gasteiger partial charge in [-0.15, -0.1) is 0 Å². The highest BCUT2D eigenvalue weighted by Gasteiger charge is 2.25. The SMILES string of the molecule is Clc1ccc(CNCc2ccccc2C2CC2)cc1. The van der Waals surface area contributed by atoms with Crippen LogP contribution in [-0.2, 0) is 13.1 Å². The molecule has 1 aliphatic carbocycles. The molecule has 1 nitrogen and oxygen atoms in total. The van der Waals surface area contributed by atoms with E-state index in [1.54, 1.807) is 0 Å². The molecule has 2 aromatic rings. The number of rotatable bonds is 5. The maximum absolute atomic E-state index is 5.88. The first-order valence-electron chi connectivity index (χ1n) is 6.86. The molecule has 0 saturated heterocycles. The van der Waals surface area contributed by atoms with Crippen LogP contribution in [0.3, 0.4) is 0 Å². The summed E-state index contributed by atoms with van der Waals surface area (Å²) < 4.78 is 0. The van der Waals surface area contributed by atoms with Crippen LogP contribution < -0.4 is 5.32 Å². The van der Waals surface area contributed by atoms with Crippen molar-refractivity contribution in [2.75, 3.05) is 0 Å². The molecular weight excluding hydrogens is 254 g/mol. The highest BCUT2D eigenvalue weighted by molar-refractivity contribution is 6.30. The summed E-state index contributed by atoms with van der Waals surface area (Å²) in [5.41, 5.74) is 4.25. The Hall–Kier alpha value is -1.31. The minimum Gasteiger partial charge on any atom is -0.309 e. The average molecular weight is 272 g/mol. The molecule has 19 heavy (non-hydrogen) atoms. The first kappa shape index (κ1) is 12.7. The van der Waals surface area contributed by atoms with Crippen molar-refractivity contribution in [3.8, 4) is 0 Å². The molecule has 98 valence electrons. The molecule has 1 N–H and O–H groups in total. The van der Waals surface area contributed by atoms with Crippen molar-refractivity contribution in [3.63, 3.8) is 0 Å². The van der Waals surface area contributed by atoms with Crippen molar-refractivity contribution < 1.29 is 0 Å². The number of benzene rings is 2. The molecule has 0 atom stereocenters. The Morgan fingerprint density at radius 1 is 0.947 bits per heavy atom. The molecule has 1 aliphatic rings. The molecule has 1 saturated carbocycles. The van der Waals surface area contributed by atoms with Gasteiger partial charge in [0, 0.05) is 18.1 Å². The van der Waals surface area contributed by atoms with Gasteiger partial charge in [0.25, 0.3) is 0 Å². The molecule has 2 heteroatoms. The third kappa shape index (κ3) is 3.37. The molecule has 0 heterocycles. The Labute approximate surface area is 119 Å². The van der Waals surface area contributed by atoms with E-state index in [9.17, 15) is 0 Å². The second-order valence-corrected chi connectivity index (χ2v) is 5.64. The fourth-order valence-corrected chi connectivity index (χ4v) is 2.56. The maximum atomic E-state index is 5.88.